The quantitative estimate of drug-likeness (QED) is 0.219. The average molecular weight is 548 g/mol. The summed E-state index contributed by atoms with van der Waals surface area (Å²) in [7, 11) is 0. The lowest BCUT2D eigenvalue weighted by atomic mass is 9.64. The van der Waals surface area contributed by atoms with E-state index < -0.39 is 36.3 Å². The third-order valence-electron chi connectivity index (χ3n) is 8.60. The molecule has 0 saturated heterocycles. The highest BCUT2D eigenvalue weighted by atomic mass is 16.6. The number of hydrogen-bond donors (Lipinski definition) is 2. The van der Waals surface area contributed by atoms with Crippen molar-refractivity contribution in [2.45, 2.75) is 82.5 Å². The molecule has 4 rings (SSSR count). The first kappa shape index (κ1) is 29.2. The molecule has 3 unspecified atom stereocenters. The van der Waals surface area contributed by atoms with Crippen molar-refractivity contribution in [3.05, 3.63) is 92.7 Å². The van der Waals surface area contributed by atoms with Crippen LogP contribution in [0.1, 0.15) is 50.2 Å². The highest BCUT2D eigenvalue weighted by Crippen LogP contribution is 2.45. The molecule has 212 valence electrons. The van der Waals surface area contributed by atoms with E-state index in [1.165, 1.54) is 0 Å². The fraction of sp³-hybridized carbons (Fsp3) is 0.552. The van der Waals surface area contributed by atoms with Gasteiger partial charge in [0.05, 0.1) is 12.2 Å². The molecule has 2 aromatic rings. The van der Waals surface area contributed by atoms with Crippen molar-refractivity contribution < 1.29 is 19.7 Å². The van der Waals surface area contributed by atoms with Crippen LogP contribution in [0.4, 0.5) is 4.79 Å². The predicted molar refractivity (Wildman–Crippen MR) is 150 cm³/mol. The summed E-state index contributed by atoms with van der Waals surface area (Å²) in [5.41, 5.74) is 20.3. The van der Waals surface area contributed by atoms with Crippen LogP contribution in [0.2, 0.25) is 0 Å². The molecule has 2 fully saturated rings. The van der Waals surface area contributed by atoms with E-state index in [4.69, 9.17) is 4.74 Å². The molecule has 2 aliphatic carbocycles. The fourth-order valence-electron chi connectivity index (χ4n) is 6.43. The molecule has 11 heteroatoms. The first-order chi connectivity index (χ1) is 19.4. The summed E-state index contributed by atoms with van der Waals surface area (Å²) in [5.74, 6) is -0.879. The van der Waals surface area contributed by atoms with Gasteiger partial charge in [0.25, 0.3) is 0 Å². The molecule has 40 heavy (non-hydrogen) atoms. The molecule has 2 saturated carbocycles. The van der Waals surface area contributed by atoms with E-state index in [-0.39, 0.29) is 24.5 Å². The molecule has 0 aromatic heterocycles. The van der Waals surface area contributed by atoms with E-state index in [2.05, 4.69) is 20.1 Å². The van der Waals surface area contributed by atoms with Crippen LogP contribution in [-0.4, -0.2) is 51.5 Å². The number of nitrogens with zero attached hydrogens (tertiary/aromatic N) is 7. The number of amides is 1. The molecule has 1 amide bonds. The smallest absolute Gasteiger partial charge is 0.410 e. The Morgan fingerprint density at radius 2 is 1.55 bits per heavy atom. The lowest BCUT2D eigenvalue weighted by Crippen LogP contribution is -2.53. The summed E-state index contributed by atoms with van der Waals surface area (Å²) >= 11 is 0. The molecule has 2 N–H and O–H groups in total. The summed E-state index contributed by atoms with van der Waals surface area (Å²) < 4.78 is 5.75. The van der Waals surface area contributed by atoms with Gasteiger partial charge in [0, 0.05) is 34.5 Å². The highest BCUT2D eigenvalue weighted by molar-refractivity contribution is 5.68. The number of aliphatic hydroxyl groups is 2. The number of ether oxygens (including phenoxy) is 1. The molecule has 2 aliphatic rings. The van der Waals surface area contributed by atoms with Gasteiger partial charge in [-0.3, -0.25) is 0 Å². The Bertz CT molecular complexity index is 1200. The predicted octanol–water partition coefficient (Wildman–Crippen LogP) is 6.12. The van der Waals surface area contributed by atoms with Crippen molar-refractivity contribution in [1.82, 2.24) is 4.90 Å². The van der Waals surface area contributed by atoms with Crippen LogP contribution in [0.15, 0.2) is 70.9 Å². The van der Waals surface area contributed by atoms with Gasteiger partial charge in [-0.1, -0.05) is 70.9 Å². The van der Waals surface area contributed by atoms with Gasteiger partial charge in [-0.05, 0) is 79.0 Å². The van der Waals surface area contributed by atoms with E-state index in [1.54, 1.807) is 4.90 Å². The maximum atomic E-state index is 13.5. The lowest BCUT2D eigenvalue weighted by molar-refractivity contribution is -0.0822. The number of rotatable bonds is 9. The topological polar surface area (TPSA) is 168 Å². The maximum Gasteiger partial charge on any atom is 0.410 e. The molecular formula is C29H37N7O4. The summed E-state index contributed by atoms with van der Waals surface area (Å²) in [5, 5.41) is 29.5. The van der Waals surface area contributed by atoms with Crippen LogP contribution in [0.3, 0.4) is 0 Å². The Morgan fingerprint density at radius 1 is 0.950 bits per heavy atom. The van der Waals surface area contributed by atoms with E-state index in [0.29, 0.717) is 38.6 Å². The van der Waals surface area contributed by atoms with Gasteiger partial charge in [0.2, 0.25) is 0 Å². The highest BCUT2D eigenvalue weighted by Gasteiger charge is 2.47. The van der Waals surface area contributed by atoms with Crippen molar-refractivity contribution in [1.29, 1.82) is 0 Å². The Labute approximate surface area is 234 Å². The van der Waals surface area contributed by atoms with Crippen LogP contribution in [0, 0.1) is 17.8 Å². The Morgan fingerprint density at radius 3 is 2.20 bits per heavy atom. The fourth-order valence-corrected chi connectivity index (χ4v) is 6.43. The molecule has 0 heterocycles. The van der Waals surface area contributed by atoms with Crippen molar-refractivity contribution in [3.63, 3.8) is 0 Å². The average Bonchev–Trinajstić information content (AvgIpc) is 2.98. The summed E-state index contributed by atoms with van der Waals surface area (Å²) in [6.45, 7) is 2.52. The van der Waals surface area contributed by atoms with Gasteiger partial charge in [0.1, 0.15) is 6.61 Å². The first-order valence-corrected chi connectivity index (χ1v) is 13.9. The molecule has 0 radical (unpaired) electrons. The molecular weight excluding hydrogens is 510 g/mol. The standard InChI is InChI=1S/C29H37N7O4/c1-19(36(17-20-8-4-2-5-9-20)29(39)40-18-21-10-6-3-7-11-21)22-12-13-24(32-34-30)23(16-22)27-25(33-35-31)14-15-26(37)28(27)38/h2-11,19,22-28,37-38H,12-18H2,1H3/t19-,22-,23?,24?,25?,26+,27-,28-/m1/s1. The number of azide groups is 2. The zero-order valence-electron chi connectivity index (χ0n) is 22.7. The van der Waals surface area contributed by atoms with E-state index >= 15 is 0 Å². The number of aliphatic hydroxyl groups excluding tert-OH is 2. The molecule has 0 bridgehead atoms. The number of benzene rings is 2. The third kappa shape index (κ3) is 7.06. The van der Waals surface area contributed by atoms with Crippen LogP contribution >= 0.6 is 0 Å². The number of hydrogen-bond acceptors (Lipinski definition) is 6. The van der Waals surface area contributed by atoms with Gasteiger partial charge in [-0.25, -0.2) is 4.79 Å². The molecule has 0 spiro atoms. The summed E-state index contributed by atoms with van der Waals surface area (Å²) in [4.78, 5) is 21.3. The number of carbonyl (C=O) groups excluding carboxylic acids is 1. The van der Waals surface area contributed by atoms with Crippen LogP contribution in [0.25, 0.3) is 20.9 Å². The van der Waals surface area contributed by atoms with Crippen LogP contribution in [0.5, 0.6) is 0 Å². The Hall–Kier alpha value is -3.75. The molecule has 8 atom stereocenters. The molecule has 11 nitrogen and oxygen atoms in total. The Kier molecular flexibility index (Phi) is 10.3. The van der Waals surface area contributed by atoms with Crippen molar-refractivity contribution in [2.24, 2.45) is 28.0 Å². The van der Waals surface area contributed by atoms with Gasteiger partial charge in [-0.15, -0.1) is 0 Å². The second kappa shape index (κ2) is 14.1. The maximum absolute atomic E-state index is 13.5. The second-order valence-electron chi connectivity index (χ2n) is 10.9. The minimum Gasteiger partial charge on any atom is -0.445 e. The largest absolute Gasteiger partial charge is 0.445 e. The Balaban J connectivity index is 1.58. The van der Waals surface area contributed by atoms with Crippen molar-refractivity contribution in [3.8, 4) is 0 Å². The van der Waals surface area contributed by atoms with Gasteiger partial charge >= 0.3 is 6.09 Å². The summed E-state index contributed by atoms with van der Waals surface area (Å²) in [6.07, 6.45) is 0.109. The van der Waals surface area contributed by atoms with E-state index in [0.717, 1.165) is 11.1 Å². The molecule has 0 aliphatic heterocycles. The zero-order chi connectivity index (χ0) is 28.5. The molecule has 2 aromatic carbocycles. The number of carbonyl (C=O) groups is 1. The minimum absolute atomic E-state index is 0.00103. The van der Waals surface area contributed by atoms with Gasteiger partial charge in [0.15, 0.2) is 0 Å². The normalized spacial score (nSPS) is 28.8. The minimum atomic E-state index is -1.10. The second-order valence-corrected chi connectivity index (χ2v) is 10.9. The summed E-state index contributed by atoms with van der Waals surface area (Å²) in [6, 6.07) is 18.1. The van der Waals surface area contributed by atoms with Crippen molar-refractivity contribution >= 4 is 6.09 Å². The van der Waals surface area contributed by atoms with Crippen molar-refractivity contribution in [2.75, 3.05) is 0 Å². The first-order valence-electron chi connectivity index (χ1n) is 13.9. The van der Waals surface area contributed by atoms with Crippen LogP contribution < -0.4 is 0 Å². The van der Waals surface area contributed by atoms with Gasteiger partial charge in [-0.2, -0.15) is 0 Å². The van der Waals surface area contributed by atoms with E-state index in [9.17, 15) is 26.1 Å². The SMILES string of the molecule is C[C@H]([C@@H]1CCC(N=[N+]=[N-])C([C@@H]2C(N=[N+]=[N-])CC[C@H](O)[C@H]2O)C1)N(Cc1ccccc1)C(=O)OCc1ccccc1. The van der Waals surface area contributed by atoms with Crippen LogP contribution in [-0.2, 0) is 17.9 Å². The van der Waals surface area contributed by atoms with E-state index in [1.807, 2.05) is 67.6 Å². The monoisotopic (exact) mass is 547 g/mol. The lowest BCUT2D eigenvalue weighted by Gasteiger charge is -2.47. The van der Waals surface area contributed by atoms with Gasteiger partial charge < -0.3 is 19.8 Å². The zero-order valence-corrected chi connectivity index (χ0v) is 22.7. The third-order valence-corrected chi connectivity index (χ3v) is 8.60.